The van der Waals surface area contributed by atoms with Crippen molar-refractivity contribution in [1.82, 2.24) is 20.2 Å². The topological polar surface area (TPSA) is 63.5 Å². The maximum Gasteiger partial charge on any atom is 0.411 e. The molecule has 0 spiro atoms. The van der Waals surface area contributed by atoms with Crippen molar-refractivity contribution < 1.29 is 17.9 Å². The summed E-state index contributed by atoms with van der Waals surface area (Å²) < 4.78 is 42.8. The average Bonchev–Trinajstić information content (AvgIpc) is 2.95. The van der Waals surface area contributed by atoms with E-state index in [1.807, 2.05) is 32.0 Å². The average molecular weight is 527 g/mol. The summed E-state index contributed by atoms with van der Waals surface area (Å²) in [5.41, 5.74) is 2.11. The summed E-state index contributed by atoms with van der Waals surface area (Å²) in [5, 5.41) is 6.24. The second-order valence-electron chi connectivity index (χ2n) is 6.36. The molecule has 0 amide bonds. The molecule has 0 aliphatic heterocycles. The van der Waals surface area contributed by atoms with Crippen LogP contribution < -0.4 is 10.6 Å². The van der Waals surface area contributed by atoms with Crippen molar-refractivity contribution in [2.75, 3.05) is 32.8 Å². The molecule has 0 aliphatic carbocycles. The number of hydrogen-bond acceptors (Lipinski definition) is 3. The second kappa shape index (κ2) is 12.9. The first kappa shape index (κ1) is 25.5. The molecule has 29 heavy (non-hydrogen) atoms. The van der Waals surface area contributed by atoms with E-state index in [4.69, 9.17) is 0 Å². The van der Waals surface area contributed by atoms with Crippen molar-refractivity contribution in [2.45, 2.75) is 39.4 Å². The van der Waals surface area contributed by atoms with Gasteiger partial charge in [-0.3, -0.25) is 4.99 Å². The Hall–Kier alpha value is -1.56. The van der Waals surface area contributed by atoms with Crippen LogP contribution in [0.4, 0.5) is 13.2 Å². The van der Waals surface area contributed by atoms with Crippen molar-refractivity contribution in [3.8, 4) is 0 Å². The zero-order valence-corrected chi connectivity index (χ0v) is 19.1. The third-order valence-electron chi connectivity index (χ3n) is 4.02. The van der Waals surface area contributed by atoms with Gasteiger partial charge in [0.1, 0.15) is 12.4 Å². The standard InChI is InChI=1S/C19H28F3N5O.HI/c1-3-23-18(25-11-7-13-28-14-19(20,21)22)24-10-6-12-27-15(2)26-16-8-4-5-9-17(16)27;/h4-5,8-9H,3,6-7,10-14H2,1-2H3,(H2,23,24,25);1H. The van der Waals surface area contributed by atoms with E-state index in [-0.39, 0.29) is 30.6 Å². The Kier molecular flexibility index (Phi) is 11.3. The lowest BCUT2D eigenvalue weighted by Crippen LogP contribution is -2.38. The molecule has 0 saturated heterocycles. The highest BCUT2D eigenvalue weighted by atomic mass is 127. The maximum atomic E-state index is 12.0. The number of nitrogens with zero attached hydrogens (tertiary/aromatic N) is 3. The van der Waals surface area contributed by atoms with Gasteiger partial charge < -0.3 is 19.9 Å². The Morgan fingerprint density at radius 2 is 1.97 bits per heavy atom. The molecule has 1 aromatic carbocycles. The smallest absolute Gasteiger partial charge is 0.372 e. The first-order valence-corrected chi connectivity index (χ1v) is 9.49. The Bertz CT molecular complexity index is 764. The van der Waals surface area contributed by atoms with E-state index in [9.17, 15) is 13.2 Å². The number of rotatable bonds is 10. The van der Waals surface area contributed by atoms with Crippen LogP contribution in [0, 0.1) is 6.92 Å². The summed E-state index contributed by atoms with van der Waals surface area (Å²) in [6.45, 7) is 5.46. The molecule has 0 unspecified atom stereocenters. The summed E-state index contributed by atoms with van der Waals surface area (Å²) in [7, 11) is 0. The molecule has 2 aromatic rings. The van der Waals surface area contributed by atoms with Gasteiger partial charge in [-0.2, -0.15) is 13.2 Å². The number of aryl methyl sites for hydroxylation is 2. The Balaban J connectivity index is 0.00000420. The van der Waals surface area contributed by atoms with Crippen molar-refractivity contribution in [2.24, 2.45) is 4.99 Å². The van der Waals surface area contributed by atoms with Gasteiger partial charge in [0.15, 0.2) is 5.96 Å². The fourth-order valence-corrected chi connectivity index (χ4v) is 2.81. The van der Waals surface area contributed by atoms with E-state index < -0.39 is 12.8 Å². The number of fused-ring (bicyclic) bond motifs is 1. The molecule has 2 rings (SSSR count). The molecule has 0 radical (unpaired) electrons. The molecular formula is C19H29F3IN5O. The van der Waals surface area contributed by atoms with Crippen molar-refractivity contribution >= 4 is 41.0 Å². The Morgan fingerprint density at radius 3 is 2.69 bits per heavy atom. The minimum atomic E-state index is -4.28. The quantitative estimate of drug-likeness (QED) is 0.213. The lowest BCUT2D eigenvalue weighted by Gasteiger charge is -2.12. The van der Waals surface area contributed by atoms with Crippen LogP contribution in [0.5, 0.6) is 0 Å². The SMILES string of the molecule is CCNC(=NCCCn1c(C)nc2ccccc21)NCCCOCC(F)(F)F.I. The molecule has 1 aromatic heterocycles. The molecule has 10 heteroatoms. The van der Waals surface area contributed by atoms with E-state index in [1.54, 1.807) is 0 Å². The first-order valence-electron chi connectivity index (χ1n) is 9.49. The Morgan fingerprint density at radius 1 is 1.21 bits per heavy atom. The summed E-state index contributed by atoms with van der Waals surface area (Å²) in [6.07, 6.45) is -2.95. The van der Waals surface area contributed by atoms with Crippen molar-refractivity contribution in [1.29, 1.82) is 0 Å². The van der Waals surface area contributed by atoms with Crippen LogP contribution in [-0.4, -0.2) is 54.5 Å². The van der Waals surface area contributed by atoms with Crippen LogP contribution in [-0.2, 0) is 11.3 Å². The van der Waals surface area contributed by atoms with Gasteiger partial charge in [0, 0.05) is 32.8 Å². The molecule has 0 aliphatic rings. The zero-order valence-electron chi connectivity index (χ0n) is 16.8. The van der Waals surface area contributed by atoms with Gasteiger partial charge in [0.2, 0.25) is 0 Å². The Labute approximate surface area is 186 Å². The lowest BCUT2D eigenvalue weighted by molar-refractivity contribution is -0.173. The van der Waals surface area contributed by atoms with Crippen LogP contribution in [0.3, 0.4) is 0 Å². The van der Waals surface area contributed by atoms with Gasteiger partial charge in [-0.05, 0) is 38.8 Å². The number of aromatic nitrogens is 2. The predicted octanol–water partition coefficient (Wildman–Crippen LogP) is 3.88. The fraction of sp³-hybridized carbons (Fsp3) is 0.579. The monoisotopic (exact) mass is 527 g/mol. The van der Waals surface area contributed by atoms with Crippen LogP contribution in [0.2, 0.25) is 0 Å². The van der Waals surface area contributed by atoms with E-state index >= 15 is 0 Å². The summed E-state index contributed by atoms with van der Waals surface area (Å²) in [5.74, 6) is 1.64. The highest BCUT2D eigenvalue weighted by Gasteiger charge is 2.27. The number of ether oxygens (including phenoxy) is 1. The van der Waals surface area contributed by atoms with E-state index in [2.05, 4.69) is 36.0 Å². The van der Waals surface area contributed by atoms with Crippen molar-refractivity contribution in [3.63, 3.8) is 0 Å². The van der Waals surface area contributed by atoms with Crippen molar-refractivity contribution in [3.05, 3.63) is 30.1 Å². The molecular weight excluding hydrogens is 498 g/mol. The van der Waals surface area contributed by atoms with Crippen LogP contribution in [0.25, 0.3) is 11.0 Å². The number of alkyl halides is 3. The molecule has 0 bridgehead atoms. The lowest BCUT2D eigenvalue weighted by atomic mass is 10.3. The minimum absolute atomic E-state index is 0. The highest BCUT2D eigenvalue weighted by molar-refractivity contribution is 14.0. The van der Waals surface area contributed by atoms with Gasteiger partial charge in [0.25, 0.3) is 0 Å². The normalized spacial score (nSPS) is 12.1. The summed E-state index contributed by atoms with van der Waals surface area (Å²) in [4.78, 5) is 9.08. The van der Waals surface area contributed by atoms with Crippen LogP contribution in [0.1, 0.15) is 25.6 Å². The third-order valence-corrected chi connectivity index (χ3v) is 4.02. The number of halogens is 4. The highest BCUT2D eigenvalue weighted by Crippen LogP contribution is 2.16. The number of aliphatic imine (C=N–C) groups is 1. The molecule has 0 fully saturated rings. The summed E-state index contributed by atoms with van der Waals surface area (Å²) in [6, 6.07) is 8.04. The molecule has 164 valence electrons. The van der Waals surface area contributed by atoms with E-state index in [0.29, 0.717) is 32.0 Å². The number of guanidine groups is 1. The first-order chi connectivity index (χ1) is 13.4. The fourth-order valence-electron chi connectivity index (χ4n) is 2.81. The molecule has 2 N–H and O–H groups in total. The molecule has 0 saturated carbocycles. The van der Waals surface area contributed by atoms with Gasteiger partial charge >= 0.3 is 6.18 Å². The van der Waals surface area contributed by atoms with Crippen LogP contribution >= 0.6 is 24.0 Å². The maximum absolute atomic E-state index is 12.0. The van der Waals surface area contributed by atoms with Crippen LogP contribution in [0.15, 0.2) is 29.3 Å². The number of hydrogen-bond donors (Lipinski definition) is 2. The molecule has 6 nitrogen and oxygen atoms in total. The van der Waals surface area contributed by atoms with E-state index in [1.165, 1.54) is 0 Å². The number of nitrogens with one attached hydrogen (secondary N) is 2. The zero-order chi connectivity index (χ0) is 20.4. The number of imidazole rings is 1. The largest absolute Gasteiger partial charge is 0.411 e. The third kappa shape index (κ3) is 9.20. The minimum Gasteiger partial charge on any atom is -0.372 e. The number of benzene rings is 1. The van der Waals surface area contributed by atoms with Gasteiger partial charge in [-0.1, -0.05) is 12.1 Å². The van der Waals surface area contributed by atoms with Gasteiger partial charge in [-0.25, -0.2) is 4.98 Å². The van der Waals surface area contributed by atoms with E-state index in [0.717, 1.165) is 29.8 Å². The molecule has 1 heterocycles. The molecule has 0 atom stereocenters. The predicted molar refractivity (Wildman–Crippen MR) is 120 cm³/mol. The second-order valence-corrected chi connectivity index (χ2v) is 6.36. The van der Waals surface area contributed by atoms with Gasteiger partial charge in [-0.15, -0.1) is 24.0 Å². The number of para-hydroxylation sites is 2. The summed E-state index contributed by atoms with van der Waals surface area (Å²) >= 11 is 0. The van der Waals surface area contributed by atoms with Gasteiger partial charge in [0.05, 0.1) is 11.0 Å².